The molecular formula is C12H16ClN3O3. The van der Waals surface area contributed by atoms with Crippen LogP contribution in [0.25, 0.3) is 0 Å². The molecule has 1 aliphatic rings. The molecule has 2 rings (SSSR count). The van der Waals surface area contributed by atoms with Crippen LogP contribution >= 0.6 is 12.4 Å². The minimum Gasteiger partial charge on any atom is -0.479 e. The van der Waals surface area contributed by atoms with Crippen molar-refractivity contribution in [1.82, 2.24) is 0 Å². The highest BCUT2D eigenvalue weighted by Crippen LogP contribution is 2.32. The summed E-state index contributed by atoms with van der Waals surface area (Å²) < 4.78 is 5.40. The summed E-state index contributed by atoms with van der Waals surface area (Å²) in [5.41, 5.74) is 6.56. The van der Waals surface area contributed by atoms with Crippen molar-refractivity contribution in [2.24, 2.45) is 5.73 Å². The van der Waals surface area contributed by atoms with Crippen LogP contribution in [-0.2, 0) is 9.59 Å². The van der Waals surface area contributed by atoms with E-state index >= 15 is 0 Å². The predicted molar refractivity (Wildman–Crippen MR) is 74.7 cm³/mol. The van der Waals surface area contributed by atoms with Crippen molar-refractivity contribution in [2.45, 2.75) is 26.0 Å². The minimum atomic E-state index is -0.591. The Labute approximate surface area is 117 Å². The van der Waals surface area contributed by atoms with Gasteiger partial charge in [0, 0.05) is 5.69 Å². The van der Waals surface area contributed by atoms with Crippen molar-refractivity contribution < 1.29 is 14.3 Å². The van der Waals surface area contributed by atoms with Crippen LogP contribution in [0.1, 0.15) is 13.8 Å². The third-order valence-corrected chi connectivity index (χ3v) is 2.59. The zero-order valence-electron chi connectivity index (χ0n) is 10.6. The lowest BCUT2D eigenvalue weighted by molar-refractivity contribution is -0.122. The van der Waals surface area contributed by atoms with E-state index in [0.717, 1.165) is 0 Å². The second kappa shape index (κ2) is 5.90. The molecule has 0 aliphatic carbocycles. The van der Waals surface area contributed by atoms with E-state index in [1.54, 1.807) is 32.0 Å². The number of fused-ring (bicyclic) bond motifs is 1. The van der Waals surface area contributed by atoms with Crippen molar-refractivity contribution in [3.05, 3.63) is 18.2 Å². The van der Waals surface area contributed by atoms with E-state index < -0.39 is 12.1 Å². The highest BCUT2D eigenvalue weighted by molar-refractivity contribution is 5.99. The molecule has 6 nitrogen and oxygen atoms in total. The van der Waals surface area contributed by atoms with Gasteiger partial charge in [-0.15, -0.1) is 12.4 Å². The van der Waals surface area contributed by atoms with Crippen LogP contribution in [0.4, 0.5) is 11.4 Å². The van der Waals surface area contributed by atoms with E-state index in [1.807, 2.05) is 0 Å². The van der Waals surface area contributed by atoms with Gasteiger partial charge in [0.05, 0.1) is 11.7 Å². The number of anilines is 2. The van der Waals surface area contributed by atoms with Gasteiger partial charge < -0.3 is 21.1 Å². The summed E-state index contributed by atoms with van der Waals surface area (Å²) in [5, 5.41) is 5.35. The van der Waals surface area contributed by atoms with Crippen molar-refractivity contribution in [2.75, 3.05) is 10.6 Å². The SMILES string of the molecule is CC(N)C(=O)Nc1ccc2c(c1)NC(=O)C(C)O2.Cl. The van der Waals surface area contributed by atoms with E-state index in [-0.39, 0.29) is 24.2 Å². The number of hydrogen-bond acceptors (Lipinski definition) is 4. The monoisotopic (exact) mass is 285 g/mol. The molecule has 104 valence electrons. The molecule has 0 bridgehead atoms. The Kier molecular flexibility index (Phi) is 4.74. The molecule has 4 N–H and O–H groups in total. The molecule has 0 spiro atoms. The van der Waals surface area contributed by atoms with Gasteiger partial charge in [-0.05, 0) is 32.0 Å². The zero-order chi connectivity index (χ0) is 13.3. The summed E-state index contributed by atoms with van der Waals surface area (Å²) in [6.45, 7) is 3.27. The van der Waals surface area contributed by atoms with Gasteiger partial charge in [0.25, 0.3) is 5.91 Å². The summed E-state index contributed by atoms with van der Waals surface area (Å²) in [6.07, 6.45) is -0.512. The number of rotatable bonds is 2. The fourth-order valence-corrected chi connectivity index (χ4v) is 1.54. The largest absolute Gasteiger partial charge is 0.479 e. The highest BCUT2D eigenvalue weighted by atomic mass is 35.5. The first-order valence-corrected chi connectivity index (χ1v) is 5.65. The van der Waals surface area contributed by atoms with Crippen LogP contribution in [0, 0.1) is 0 Å². The summed E-state index contributed by atoms with van der Waals surface area (Å²) in [6, 6.07) is 4.44. The maximum absolute atomic E-state index is 11.5. The molecule has 1 aromatic carbocycles. The predicted octanol–water partition coefficient (Wildman–Crippen LogP) is 1.11. The number of carbonyl (C=O) groups excluding carboxylic acids is 2. The number of benzene rings is 1. The molecule has 0 aromatic heterocycles. The van der Waals surface area contributed by atoms with Crippen LogP contribution in [0.15, 0.2) is 18.2 Å². The summed E-state index contributed by atoms with van der Waals surface area (Å²) in [7, 11) is 0. The Morgan fingerprint density at radius 1 is 1.53 bits per heavy atom. The van der Waals surface area contributed by atoms with E-state index in [9.17, 15) is 9.59 Å². The molecule has 1 heterocycles. The Bertz CT molecular complexity index is 505. The maximum Gasteiger partial charge on any atom is 0.265 e. The number of nitrogens with one attached hydrogen (secondary N) is 2. The van der Waals surface area contributed by atoms with E-state index in [4.69, 9.17) is 10.5 Å². The molecule has 0 fully saturated rings. The molecule has 2 amide bonds. The highest BCUT2D eigenvalue weighted by Gasteiger charge is 2.23. The van der Waals surface area contributed by atoms with E-state index in [0.29, 0.717) is 17.1 Å². The molecule has 1 aromatic rings. The summed E-state index contributed by atoms with van der Waals surface area (Å²) >= 11 is 0. The number of carbonyl (C=O) groups is 2. The number of amides is 2. The Hall–Kier alpha value is -1.79. The number of hydrogen-bond donors (Lipinski definition) is 3. The molecule has 1 aliphatic heterocycles. The van der Waals surface area contributed by atoms with Gasteiger partial charge in [0.15, 0.2) is 6.10 Å². The molecule has 0 radical (unpaired) electrons. The molecule has 2 unspecified atom stereocenters. The van der Waals surface area contributed by atoms with Gasteiger partial charge in [-0.3, -0.25) is 9.59 Å². The normalized spacial score (nSPS) is 18.3. The molecule has 2 atom stereocenters. The maximum atomic E-state index is 11.5. The quantitative estimate of drug-likeness (QED) is 0.759. The number of halogens is 1. The van der Waals surface area contributed by atoms with Crippen molar-refractivity contribution in [3.63, 3.8) is 0 Å². The molecule has 0 saturated carbocycles. The molecular weight excluding hydrogens is 270 g/mol. The Morgan fingerprint density at radius 3 is 2.84 bits per heavy atom. The lowest BCUT2D eigenvalue weighted by Gasteiger charge is -2.23. The minimum absolute atomic E-state index is 0. The van der Waals surface area contributed by atoms with E-state index in [1.165, 1.54) is 0 Å². The van der Waals surface area contributed by atoms with Crippen molar-refractivity contribution in [1.29, 1.82) is 0 Å². The second-order valence-electron chi connectivity index (χ2n) is 4.24. The first kappa shape index (κ1) is 15.3. The van der Waals surface area contributed by atoms with Crippen molar-refractivity contribution >= 4 is 35.6 Å². The van der Waals surface area contributed by atoms with E-state index in [2.05, 4.69) is 10.6 Å². The van der Waals surface area contributed by atoms with Crippen LogP contribution in [0.5, 0.6) is 5.75 Å². The topological polar surface area (TPSA) is 93.5 Å². The van der Waals surface area contributed by atoms with Gasteiger partial charge in [0.1, 0.15) is 5.75 Å². The van der Waals surface area contributed by atoms with Gasteiger partial charge in [0.2, 0.25) is 5.91 Å². The third-order valence-electron chi connectivity index (χ3n) is 2.59. The lowest BCUT2D eigenvalue weighted by Crippen LogP contribution is -2.35. The molecule has 0 saturated heterocycles. The van der Waals surface area contributed by atoms with Crippen LogP contribution in [0.2, 0.25) is 0 Å². The van der Waals surface area contributed by atoms with Gasteiger partial charge in [-0.25, -0.2) is 0 Å². The average Bonchev–Trinajstić information content (AvgIpc) is 2.31. The van der Waals surface area contributed by atoms with Crippen molar-refractivity contribution in [3.8, 4) is 5.75 Å². The third kappa shape index (κ3) is 3.36. The first-order valence-electron chi connectivity index (χ1n) is 5.65. The molecule has 7 heteroatoms. The van der Waals surface area contributed by atoms with Gasteiger partial charge in [-0.1, -0.05) is 0 Å². The van der Waals surface area contributed by atoms with Crippen LogP contribution in [0.3, 0.4) is 0 Å². The second-order valence-corrected chi connectivity index (χ2v) is 4.24. The summed E-state index contributed by atoms with van der Waals surface area (Å²) in [5.74, 6) is 0.0884. The fraction of sp³-hybridized carbons (Fsp3) is 0.333. The van der Waals surface area contributed by atoms with Crippen LogP contribution in [-0.4, -0.2) is 24.0 Å². The fourth-order valence-electron chi connectivity index (χ4n) is 1.54. The van der Waals surface area contributed by atoms with Gasteiger partial charge in [-0.2, -0.15) is 0 Å². The first-order chi connectivity index (χ1) is 8.47. The average molecular weight is 286 g/mol. The smallest absolute Gasteiger partial charge is 0.265 e. The van der Waals surface area contributed by atoms with Crippen LogP contribution < -0.4 is 21.1 Å². The Morgan fingerprint density at radius 2 is 2.21 bits per heavy atom. The Balaban J connectivity index is 0.00000180. The number of ether oxygens (including phenoxy) is 1. The zero-order valence-corrected chi connectivity index (χ0v) is 11.4. The standard InChI is InChI=1S/C12H15N3O3.ClH/c1-6(13)11(16)14-8-3-4-10-9(5-8)15-12(17)7(2)18-10;/h3-7H,13H2,1-2H3,(H,14,16)(H,15,17);1H. The number of nitrogens with two attached hydrogens (primary N) is 1. The summed E-state index contributed by atoms with van der Waals surface area (Å²) in [4.78, 5) is 22.9. The lowest BCUT2D eigenvalue weighted by atomic mass is 10.2. The molecule has 19 heavy (non-hydrogen) atoms. The van der Waals surface area contributed by atoms with Gasteiger partial charge >= 0.3 is 0 Å².